The van der Waals surface area contributed by atoms with Crippen LogP contribution in [-0.4, -0.2) is 31.1 Å². The van der Waals surface area contributed by atoms with Crippen LogP contribution >= 0.6 is 11.8 Å². The van der Waals surface area contributed by atoms with Crippen LogP contribution in [0.2, 0.25) is 0 Å². The number of halogens is 1. The van der Waals surface area contributed by atoms with Gasteiger partial charge in [-0.05, 0) is 73.9 Å². The average Bonchev–Trinajstić information content (AvgIpc) is 2.87. The molecular weight excluding hydrogens is 475 g/mol. The highest BCUT2D eigenvalue weighted by Gasteiger charge is 2.29. The molecule has 5 nitrogen and oxygen atoms in total. The maximum atomic E-state index is 13.4. The van der Waals surface area contributed by atoms with Gasteiger partial charge in [0.1, 0.15) is 5.82 Å². The zero-order valence-corrected chi connectivity index (χ0v) is 21.2. The summed E-state index contributed by atoms with van der Waals surface area (Å²) in [5, 5.41) is 2.90. The van der Waals surface area contributed by atoms with Gasteiger partial charge in [-0.1, -0.05) is 48.2 Å². The third-order valence-corrected chi connectivity index (χ3v) is 6.69. The number of ether oxygens (including phenoxy) is 1. The molecule has 36 heavy (non-hydrogen) atoms. The maximum absolute atomic E-state index is 13.4. The number of para-hydroxylation sites is 1. The molecule has 0 aromatic heterocycles. The molecule has 4 rings (SSSR count). The lowest BCUT2D eigenvalue weighted by Gasteiger charge is -2.30. The van der Waals surface area contributed by atoms with E-state index in [0.717, 1.165) is 28.1 Å². The Hall–Kier alpha value is -3.42. The first-order valence-electron chi connectivity index (χ1n) is 12.0. The normalized spacial score (nSPS) is 14.3. The largest absolute Gasteiger partial charge is 0.379 e. The van der Waals surface area contributed by atoms with Gasteiger partial charge in [-0.2, -0.15) is 0 Å². The van der Waals surface area contributed by atoms with Crippen LogP contribution in [0.3, 0.4) is 0 Å². The first-order chi connectivity index (χ1) is 17.4. The van der Waals surface area contributed by atoms with E-state index in [4.69, 9.17) is 4.74 Å². The average molecular weight is 505 g/mol. The number of nitrogens with zero attached hydrogens (tertiary/aromatic N) is 1. The Kier molecular flexibility index (Phi) is 8.57. The second kappa shape index (κ2) is 12.0. The Morgan fingerprint density at radius 3 is 2.50 bits per heavy atom. The van der Waals surface area contributed by atoms with Crippen molar-refractivity contribution in [1.29, 1.82) is 0 Å². The van der Waals surface area contributed by atoms with Gasteiger partial charge < -0.3 is 15.0 Å². The number of hydrogen-bond acceptors (Lipinski definition) is 4. The lowest BCUT2D eigenvalue weighted by molar-refractivity contribution is -0.114. The second-order valence-corrected chi connectivity index (χ2v) is 9.83. The fourth-order valence-electron chi connectivity index (χ4n) is 3.77. The van der Waals surface area contributed by atoms with Crippen LogP contribution in [0.1, 0.15) is 41.8 Å². The van der Waals surface area contributed by atoms with E-state index in [-0.39, 0.29) is 23.7 Å². The molecule has 0 saturated heterocycles. The molecular formula is C29H29FN2O3S. The molecule has 186 valence electrons. The molecule has 0 fully saturated rings. The summed E-state index contributed by atoms with van der Waals surface area (Å²) >= 11 is 1.42. The standard InChI is InChI=1S/C29H29FN2O3S/c1-20(2)35-17-5-16-31-28(33)23-12-8-21(9-13-23)18-27-29(34)32(19-22-10-14-24(30)15-11-22)25-6-3-4-7-26(25)36-27/h3-4,6-15,18,20H,5,16-17,19H2,1-2H3,(H,31,33)/b27-18-. The van der Waals surface area contributed by atoms with Crippen molar-refractivity contribution in [2.75, 3.05) is 18.1 Å². The minimum Gasteiger partial charge on any atom is -0.379 e. The van der Waals surface area contributed by atoms with E-state index in [1.54, 1.807) is 29.2 Å². The first kappa shape index (κ1) is 25.7. The van der Waals surface area contributed by atoms with Gasteiger partial charge in [-0.3, -0.25) is 9.59 Å². The van der Waals surface area contributed by atoms with Crippen molar-refractivity contribution in [3.05, 3.63) is 100 Å². The van der Waals surface area contributed by atoms with E-state index in [2.05, 4.69) is 5.32 Å². The molecule has 0 spiro atoms. The summed E-state index contributed by atoms with van der Waals surface area (Å²) in [6.07, 6.45) is 2.77. The quantitative estimate of drug-likeness (QED) is 0.285. The predicted molar refractivity (Wildman–Crippen MR) is 142 cm³/mol. The lowest BCUT2D eigenvalue weighted by Crippen LogP contribution is -2.33. The molecule has 0 unspecified atom stereocenters. The molecule has 0 saturated carbocycles. The summed E-state index contributed by atoms with van der Waals surface area (Å²) in [6, 6.07) is 21.1. The molecule has 1 N–H and O–H groups in total. The van der Waals surface area contributed by atoms with E-state index in [9.17, 15) is 14.0 Å². The minimum absolute atomic E-state index is 0.117. The molecule has 1 heterocycles. The molecule has 2 amide bonds. The molecule has 0 atom stereocenters. The molecule has 7 heteroatoms. The summed E-state index contributed by atoms with van der Waals surface area (Å²) < 4.78 is 18.8. The Balaban J connectivity index is 1.46. The minimum atomic E-state index is -0.308. The number of rotatable bonds is 9. The van der Waals surface area contributed by atoms with Crippen LogP contribution in [0.15, 0.2) is 82.6 Å². The number of carbonyl (C=O) groups excluding carboxylic acids is 2. The smallest absolute Gasteiger partial charge is 0.265 e. The number of thioether (sulfide) groups is 1. The predicted octanol–water partition coefficient (Wildman–Crippen LogP) is 6.05. The number of anilines is 1. The van der Waals surface area contributed by atoms with E-state index >= 15 is 0 Å². The highest BCUT2D eigenvalue weighted by Crippen LogP contribution is 2.42. The van der Waals surface area contributed by atoms with Crippen LogP contribution in [0.4, 0.5) is 10.1 Å². The fourth-order valence-corrected chi connectivity index (χ4v) is 4.83. The molecule has 0 aliphatic carbocycles. The summed E-state index contributed by atoms with van der Waals surface area (Å²) in [4.78, 5) is 29.1. The number of fused-ring (bicyclic) bond motifs is 1. The monoisotopic (exact) mass is 504 g/mol. The Labute approximate surface area is 215 Å². The zero-order valence-electron chi connectivity index (χ0n) is 20.4. The van der Waals surface area contributed by atoms with Crippen LogP contribution in [0, 0.1) is 5.82 Å². The van der Waals surface area contributed by atoms with E-state index in [1.807, 2.05) is 56.3 Å². The molecule has 3 aromatic carbocycles. The Bertz CT molecular complexity index is 1240. The van der Waals surface area contributed by atoms with Gasteiger partial charge in [0.15, 0.2) is 0 Å². The van der Waals surface area contributed by atoms with Gasteiger partial charge in [-0.15, -0.1) is 0 Å². The third-order valence-electron chi connectivity index (χ3n) is 5.61. The topological polar surface area (TPSA) is 58.6 Å². The van der Waals surface area contributed by atoms with Gasteiger partial charge in [0.2, 0.25) is 0 Å². The third kappa shape index (κ3) is 6.62. The second-order valence-electron chi connectivity index (χ2n) is 8.75. The molecule has 3 aromatic rings. The van der Waals surface area contributed by atoms with Gasteiger partial charge in [-0.25, -0.2) is 4.39 Å². The fraction of sp³-hybridized carbons (Fsp3) is 0.241. The Morgan fingerprint density at radius 1 is 1.06 bits per heavy atom. The van der Waals surface area contributed by atoms with Crippen LogP contribution in [-0.2, 0) is 16.1 Å². The highest BCUT2D eigenvalue weighted by atomic mass is 32.2. The van der Waals surface area contributed by atoms with Crippen molar-refractivity contribution in [2.24, 2.45) is 0 Å². The molecule has 1 aliphatic heterocycles. The zero-order chi connectivity index (χ0) is 25.5. The van der Waals surface area contributed by atoms with E-state index in [0.29, 0.717) is 30.2 Å². The first-order valence-corrected chi connectivity index (χ1v) is 12.8. The number of carbonyl (C=O) groups is 2. The summed E-state index contributed by atoms with van der Waals surface area (Å²) in [6.45, 7) is 5.46. The van der Waals surface area contributed by atoms with Crippen LogP contribution in [0.5, 0.6) is 0 Å². The van der Waals surface area contributed by atoms with Crippen molar-refractivity contribution < 1.29 is 18.7 Å². The summed E-state index contributed by atoms with van der Waals surface area (Å²) in [7, 11) is 0. The number of hydrogen-bond donors (Lipinski definition) is 1. The number of nitrogens with one attached hydrogen (secondary N) is 1. The maximum Gasteiger partial charge on any atom is 0.265 e. The van der Waals surface area contributed by atoms with Crippen LogP contribution < -0.4 is 10.2 Å². The lowest BCUT2D eigenvalue weighted by atomic mass is 10.1. The van der Waals surface area contributed by atoms with E-state index < -0.39 is 0 Å². The van der Waals surface area contributed by atoms with Crippen molar-refractivity contribution in [3.63, 3.8) is 0 Å². The van der Waals surface area contributed by atoms with Crippen molar-refractivity contribution >= 4 is 35.3 Å². The molecule has 0 bridgehead atoms. The SMILES string of the molecule is CC(C)OCCCNC(=O)c1ccc(/C=C2\Sc3ccccc3N(Cc3ccc(F)cc3)C2=O)cc1. The van der Waals surface area contributed by atoms with Crippen molar-refractivity contribution in [2.45, 2.75) is 37.8 Å². The van der Waals surface area contributed by atoms with Crippen molar-refractivity contribution in [3.8, 4) is 0 Å². The number of benzene rings is 3. The van der Waals surface area contributed by atoms with E-state index in [1.165, 1.54) is 23.9 Å². The number of amides is 2. The van der Waals surface area contributed by atoms with Crippen LogP contribution in [0.25, 0.3) is 6.08 Å². The van der Waals surface area contributed by atoms with Gasteiger partial charge in [0.25, 0.3) is 11.8 Å². The van der Waals surface area contributed by atoms with Gasteiger partial charge >= 0.3 is 0 Å². The van der Waals surface area contributed by atoms with Gasteiger partial charge in [0.05, 0.1) is 23.2 Å². The van der Waals surface area contributed by atoms with Crippen molar-refractivity contribution in [1.82, 2.24) is 5.32 Å². The molecule has 1 aliphatic rings. The highest BCUT2D eigenvalue weighted by molar-refractivity contribution is 8.04. The molecule has 0 radical (unpaired) electrons. The van der Waals surface area contributed by atoms with Gasteiger partial charge in [0, 0.05) is 23.6 Å². The summed E-state index contributed by atoms with van der Waals surface area (Å²) in [5.74, 6) is -0.563. The Morgan fingerprint density at radius 2 is 1.78 bits per heavy atom. The summed E-state index contributed by atoms with van der Waals surface area (Å²) in [5.41, 5.74) is 3.07.